The molecule has 0 saturated carbocycles. The molecule has 2 nitrogen and oxygen atoms in total. The van der Waals surface area contributed by atoms with Crippen LogP contribution in [0.3, 0.4) is 0 Å². The fraction of sp³-hybridized carbons (Fsp3) is 0.0714. The molecule has 110 valence electrons. The molecule has 0 bridgehead atoms. The smallest absolute Gasteiger partial charge is 0.454 e. The number of ketones is 1. The topological polar surface area (TPSA) is 26.3 Å². The highest BCUT2D eigenvalue weighted by Gasteiger charge is 2.42. The largest absolute Gasteiger partial charge is 0.456 e. The Kier molecular flexibility index (Phi) is 4.44. The maximum atomic E-state index is 12.5. The number of ether oxygens (including phenoxy) is 1. The molecule has 0 unspecified atom stereocenters. The third-order valence-electron chi connectivity index (χ3n) is 2.51. The van der Waals surface area contributed by atoms with Gasteiger partial charge in [0.15, 0.2) is 0 Å². The quantitative estimate of drug-likeness (QED) is 0.689. The van der Waals surface area contributed by atoms with Crippen LogP contribution in [0.4, 0.5) is 13.2 Å². The molecule has 0 saturated heterocycles. The van der Waals surface area contributed by atoms with Crippen molar-refractivity contribution < 1.29 is 22.7 Å². The van der Waals surface area contributed by atoms with E-state index in [1.807, 2.05) is 0 Å². The first-order chi connectivity index (χ1) is 9.80. The predicted molar refractivity (Wildman–Crippen MR) is 73.4 cm³/mol. The van der Waals surface area contributed by atoms with Gasteiger partial charge in [-0.2, -0.15) is 13.2 Å². The molecule has 0 amide bonds. The number of carbonyl (C=O) groups excluding carboxylic acids is 1. The van der Waals surface area contributed by atoms with Crippen LogP contribution < -0.4 is 4.74 Å². The average molecular weight is 335 g/mol. The highest BCUT2D eigenvalue weighted by molar-refractivity contribution is 6.41. The first-order valence-corrected chi connectivity index (χ1v) is 6.38. The lowest BCUT2D eigenvalue weighted by Crippen LogP contribution is -2.23. The van der Waals surface area contributed by atoms with Crippen molar-refractivity contribution in [3.05, 3.63) is 58.1 Å². The highest BCUT2D eigenvalue weighted by Crippen LogP contribution is 2.38. The van der Waals surface area contributed by atoms with E-state index >= 15 is 0 Å². The van der Waals surface area contributed by atoms with E-state index in [9.17, 15) is 18.0 Å². The van der Waals surface area contributed by atoms with Crippen molar-refractivity contribution in [2.24, 2.45) is 0 Å². The summed E-state index contributed by atoms with van der Waals surface area (Å²) < 4.78 is 43.0. The maximum absolute atomic E-state index is 12.5. The molecule has 0 atom stereocenters. The summed E-state index contributed by atoms with van der Waals surface area (Å²) in [6.45, 7) is 0. The number of para-hydroxylation sites is 1. The molecule has 2 rings (SSSR count). The lowest BCUT2D eigenvalue weighted by atomic mass is 10.1. The van der Waals surface area contributed by atoms with E-state index in [4.69, 9.17) is 27.9 Å². The molecule has 0 spiro atoms. The summed E-state index contributed by atoms with van der Waals surface area (Å²) in [7, 11) is 0. The maximum Gasteiger partial charge on any atom is 0.454 e. The summed E-state index contributed by atoms with van der Waals surface area (Å²) in [6.07, 6.45) is -5.07. The van der Waals surface area contributed by atoms with Crippen molar-refractivity contribution in [3.8, 4) is 11.5 Å². The lowest BCUT2D eigenvalue weighted by Gasteiger charge is -2.13. The van der Waals surface area contributed by atoms with E-state index in [1.54, 1.807) is 30.3 Å². The molecule has 0 aliphatic heterocycles. The van der Waals surface area contributed by atoms with Gasteiger partial charge in [-0.25, -0.2) is 0 Å². The number of benzene rings is 2. The van der Waals surface area contributed by atoms with E-state index in [2.05, 4.69) is 0 Å². The van der Waals surface area contributed by atoms with E-state index in [1.165, 1.54) is 6.07 Å². The van der Waals surface area contributed by atoms with Gasteiger partial charge in [-0.15, -0.1) is 0 Å². The molecular weight excluding hydrogens is 328 g/mol. The SMILES string of the molecule is O=C(c1c(Cl)ccc(Oc2ccccc2)c1Cl)C(F)(F)F. The van der Waals surface area contributed by atoms with Crippen LogP contribution in [0, 0.1) is 0 Å². The van der Waals surface area contributed by atoms with Crippen LogP contribution in [0.1, 0.15) is 10.4 Å². The van der Waals surface area contributed by atoms with Gasteiger partial charge in [0.25, 0.3) is 5.78 Å². The van der Waals surface area contributed by atoms with Crippen LogP contribution in [0.25, 0.3) is 0 Å². The third-order valence-corrected chi connectivity index (χ3v) is 3.20. The summed E-state index contributed by atoms with van der Waals surface area (Å²) >= 11 is 11.5. The molecule has 0 aromatic heterocycles. The van der Waals surface area contributed by atoms with Crippen molar-refractivity contribution in [1.82, 2.24) is 0 Å². The molecular formula is C14H7Cl2F3O2. The van der Waals surface area contributed by atoms with Crippen LogP contribution in [-0.4, -0.2) is 12.0 Å². The number of hydrogen-bond donors (Lipinski definition) is 0. The number of Topliss-reactive ketones (excluding diaryl/α,β-unsaturated/α-hetero) is 1. The first-order valence-electron chi connectivity index (χ1n) is 5.63. The van der Waals surface area contributed by atoms with Crippen LogP contribution in [0.2, 0.25) is 10.0 Å². The lowest BCUT2D eigenvalue weighted by molar-refractivity contribution is -0.0885. The Bertz CT molecular complexity index is 670. The van der Waals surface area contributed by atoms with Gasteiger partial charge in [0, 0.05) is 0 Å². The van der Waals surface area contributed by atoms with E-state index < -0.39 is 22.5 Å². The molecule has 21 heavy (non-hydrogen) atoms. The summed E-state index contributed by atoms with van der Waals surface area (Å²) in [6, 6.07) is 10.7. The number of rotatable bonds is 3. The molecule has 0 fully saturated rings. The van der Waals surface area contributed by atoms with E-state index in [0.29, 0.717) is 5.75 Å². The van der Waals surface area contributed by atoms with Gasteiger partial charge in [0.2, 0.25) is 0 Å². The second kappa shape index (κ2) is 5.95. The second-order valence-corrected chi connectivity index (χ2v) is 4.76. The Hall–Kier alpha value is -1.72. The Morgan fingerprint density at radius 3 is 2.19 bits per heavy atom. The van der Waals surface area contributed by atoms with Crippen LogP contribution in [0.15, 0.2) is 42.5 Å². The van der Waals surface area contributed by atoms with Crippen LogP contribution >= 0.6 is 23.2 Å². The summed E-state index contributed by atoms with van der Waals surface area (Å²) in [5, 5.41) is -0.864. The molecule has 0 aliphatic rings. The van der Waals surface area contributed by atoms with Crippen molar-refractivity contribution in [2.45, 2.75) is 6.18 Å². The van der Waals surface area contributed by atoms with Crippen LogP contribution in [0.5, 0.6) is 11.5 Å². The van der Waals surface area contributed by atoms with E-state index in [-0.39, 0.29) is 10.8 Å². The second-order valence-electron chi connectivity index (χ2n) is 3.98. The molecule has 0 N–H and O–H groups in total. The predicted octanol–water partition coefficient (Wildman–Crippen LogP) is 5.53. The molecule has 7 heteroatoms. The summed E-state index contributed by atoms with van der Waals surface area (Å²) in [5.74, 6) is -1.83. The minimum absolute atomic E-state index is 0.0835. The minimum Gasteiger partial charge on any atom is -0.456 e. The first kappa shape index (κ1) is 15.7. The van der Waals surface area contributed by atoms with Gasteiger partial charge >= 0.3 is 6.18 Å². The summed E-state index contributed by atoms with van der Waals surface area (Å²) in [5.41, 5.74) is -0.820. The fourth-order valence-corrected chi connectivity index (χ4v) is 2.16. The monoisotopic (exact) mass is 334 g/mol. The minimum atomic E-state index is -5.07. The molecule has 0 aliphatic carbocycles. The molecule has 2 aromatic rings. The van der Waals surface area contributed by atoms with Gasteiger partial charge in [0.1, 0.15) is 11.5 Å². The van der Waals surface area contributed by atoms with Gasteiger partial charge in [-0.3, -0.25) is 4.79 Å². The summed E-state index contributed by atoms with van der Waals surface area (Å²) in [4.78, 5) is 11.4. The van der Waals surface area contributed by atoms with Gasteiger partial charge in [-0.1, -0.05) is 41.4 Å². The Morgan fingerprint density at radius 2 is 1.62 bits per heavy atom. The van der Waals surface area contributed by atoms with E-state index in [0.717, 1.165) is 6.07 Å². The number of halogens is 5. The van der Waals surface area contributed by atoms with Crippen molar-refractivity contribution in [3.63, 3.8) is 0 Å². The molecule has 0 radical (unpaired) electrons. The number of alkyl halides is 3. The normalized spacial score (nSPS) is 11.3. The molecule has 2 aromatic carbocycles. The standard InChI is InChI=1S/C14H7Cl2F3O2/c15-9-6-7-10(21-8-4-2-1-3-5-8)12(16)11(9)13(20)14(17,18)19/h1-7H. The van der Waals surface area contributed by atoms with Crippen molar-refractivity contribution in [2.75, 3.05) is 0 Å². The zero-order valence-electron chi connectivity index (χ0n) is 10.2. The Morgan fingerprint density at radius 1 is 1.00 bits per heavy atom. The average Bonchev–Trinajstić information content (AvgIpc) is 2.42. The third kappa shape index (κ3) is 3.49. The van der Waals surface area contributed by atoms with Crippen molar-refractivity contribution in [1.29, 1.82) is 0 Å². The highest BCUT2D eigenvalue weighted by atomic mass is 35.5. The fourth-order valence-electron chi connectivity index (χ4n) is 1.58. The number of carbonyl (C=O) groups is 1. The van der Waals surface area contributed by atoms with Crippen molar-refractivity contribution >= 4 is 29.0 Å². The molecule has 0 heterocycles. The van der Waals surface area contributed by atoms with Gasteiger partial charge in [-0.05, 0) is 24.3 Å². The zero-order valence-corrected chi connectivity index (χ0v) is 11.8. The number of hydrogen-bond acceptors (Lipinski definition) is 2. The van der Waals surface area contributed by atoms with Gasteiger partial charge < -0.3 is 4.74 Å². The Balaban J connectivity index is 2.45. The van der Waals surface area contributed by atoms with Crippen LogP contribution in [-0.2, 0) is 0 Å². The zero-order chi connectivity index (χ0) is 15.6. The Labute approximate surface area is 128 Å². The van der Waals surface area contributed by atoms with Gasteiger partial charge in [0.05, 0.1) is 15.6 Å².